The van der Waals surface area contributed by atoms with Gasteiger partial charge in [0.1, 0.15) is 11.5 Å². The number of ether oxygens (including phenoxy) is 2. The van der Waals surface area contributed by atoms with Gasteiger partial charge in [-0.25, -0.2) is 4.79 Å². The maximum atomic E-state index is 10.9. The Labute approximate surface area is 116 Å². The van der Waals surface area contributed by atoms with E-state index in [1.165, 1.54) is 18.2 Å². The van der Waals surface area contributed by atoms with Crippen LogP contribution in [0.15, 0.2) is 42.5 Å². The standard InChI is InChI=1S/C15H15NO4/c1-2-19-11-4-6-12(7-5-11)20-14-9-10(15(17)18)3-8-13(14)16/h3-9H,2,16H2,1H3,(H,17,18). The Bertz CT molecular complexity index is 608. The zero-order valence-electron chi connectivity index (χ0n) is 11.0. The van der Waals surface area contributed by atoms with Gasteiger partial charge in [0.25, 0.3) is 0 Å². The summed E-state index contributed by atoms with van der Waals surface area (Å²) in [6.45, 7) is 2.50. The molecule has 20 heavy (non-hydrogen) atoms. The van der Waals surface area contributed by atoms with Crippen molar-refractivity contribution in [2.24, 2.45) is 0 Å². The summed E-state index contributed by atoms with van der Waals surface area (Å²) >= 11 is 0. The predicted molar refractivity (Wildman–Crippen MR) is 75.5 cm³/mol. The van der Waals surface area contributed by atoms with Gasteiger partial charge in [-0.2, -0.15) is 0 Å². The largest absolute Gasteiger partial charge is 0.494 e. The highest BCUT2D eigenvalue weighted by molar-refractivity contribution is 5.89. The summed E-state index contributed by atoms with van der Waals surface area (Å²) in [5.41, 5.74) is 6.28. The molecule has 0 heterocycles. The lowest BCUT2D eigenvalue weighted by Crippen LogP contribution is -1.99. The smallest absolute Gasteiger partial charge is 0.335 e. The number of nitrogens with two attached hydrogens (primary N) is 1. The summed E-state index contributed by atoms with van der Waals surface area (Å²) in [6, 6.07) is 11.4. The number of nitrogen functional groups attached to an aromatic ring is 1. The highest BCUT2D eigenvalue weighted by Crippen LogP contribution is 2.29. The van der Waals surface area contributed by atoms with E-state index < -0.39 is 5.97 Å². The lowest BCUT2D eigenvalue weighted by molar-refractivity contribution is 0.0696. The maximum Gasteiger partial charge on any atom is 0.335 e. The van der Waals surface area contributed by atoms with E-state index >= 15 is 0 Å². The Morgan fingerprint density at radius 2 is 1.80 bits per heavy atom. The molecule has 5 heteroatoms. The third-order valence-corrected chi connectivity index (χ3v) is 2.62. The molecule has 0 radical (unpaired) electrons. The molecule has 2 rings (SSSR count). The average molecular weight is 273 g/mol. The molecule has 0 fully saturated rings. The molecule has 0 saturated carbocycles. The summed E-state index contributed by atoms with van der Waals surface area (Å²) in [4.78, 5) is 10.9. The van der Waals surface area contributed by atoms with Gasteiger partial charge in [0.05, 0.1) is 17.9 Å². The van der Waals surface area contributed by atoms with Crippen LogP contribution in [0.25, 0.3) is 0 Å². The summed E-state index contributed by atoms with van der Waals surface area (Å²) in [7, 11) is 0. The number of anilines is 1. The highest BCUT2D eigenvalue weighted by atomic mass is 16.5. The second-order valence-corrected chi connectivity index (χ2v) is 4.06. The van der Waals surface area contributed by atoms with Gasteiger partial charge in [0, 0.05) is 0 Å². The van der Waals surface area contributed by atoms with E-state index in [1.807, 2.05) is 6.92 Å². The minimum absolute atomic E-state index is 0.125. The number of benzene rings is 2. The Balaban J connectivity index is 2.20. The zero-order chi connectivity index (χ0) is 14.5. The Morgan fingerprint density at radius 3 is 2.40 bits per heavy atom. The summed E-state index contributed by atoms with van der Waals surface area (Å²) in [6.07, 6.45) is 0. The number of rotatable bonds is 5. The quantitative estimate of drug-likeness (QED) is 0.818. The molecule has 0 aliphatic heterocycles. The van der Waals surface area contributed by atoms with E-state index in [-0.39, 0.29) is 5.56 Å². The second-order valence-electron chi connectivity index (χ2n) is 4.06. The Kier molecular flexibility index (Phi) is 4.10. The van der Waals surface area contributed by atoms with Crippen molar-refractivity contribution in [1.82, 2.24) is 0 Å². The van der Waals surface area contributed by atoms with Gasteiger partial charge in [-0.05, 0) is 49.4 Å². The number of carboxylic acid groups (broad SMARTS) is 1. The molecule has 104 valence electrons. The van der Waals surface area contributed by atoms with Crippen LogP contribution >= 0.6 is 0 Å². The van der Waals surface area contributed by atoms with Crippen LogP contribution in [0.3, 0.4) is 0 Å². The van der Waals surface area contributed by atoms with E-state index in [2.05, 4.69) is 0 Å². The maximum absolute atomic E-state index is 10.9. The van der Waals surface area contributed by atoms with Gasteiger partial charge in [-0.1, -0.05) is 0 Å². The highest BCUT2D eigenvalue weighted by Gasteiger charge is 2.08. The Morgan fingerprint density at radius 1 is 1.15 bits per heavy atom. The van der Waals surface area contributed by atoms with Gasteiger partial charge in [0.2, 0.25) is 0 Å². The second kappa shape index (κ2) is 5.97. The predicted octanol–water partition coefficient (Wildman–Crippen LogP) is 3.16. The van der Waals surface area contributed by atoms with E-state index in [1.54, 1.807) is 24.3 Å². The third-order valence-electron chi connectivity index (χ3n) is 2.62. The van der Waals surface area contributed by atoms with E-state index in [0.717, 1.165) is 5.75 Å². The number of aromatic carboxylic acids is 1. The Hall–Kier alpha value is -2.69. The van der Waals surface area contributed by atoms with Gasteiger partial charge < -0.3 is 20.3 Å². The van der Waals surface area contributed by atoms with Crippen molar-refractivity contribution in [2.45, 2.75) is 6.92 Å². The van der Waals surface area contributed by atoms with Crippen molar-refractivity contribution in [3.05, 3.63) is 48.0 Å². The molecule has 0 amide bonds. The van der Waals surface area contributed by atoms with Crippen molar-refractivity contribution in [2.75, 3.05) is 12.3 Å². The molecule has 0 atom stereocenters. The molecule has 0 aliphatic carbocycles. The fourth-order valence-corrected chi connectivity index (χ4v) is 1.65. The monoisotopic (exact) mass is 273 g/mol. The number of hydrogen-bond donors (Lipinski definition) is 2. The molecule has 2 aromatic carbocycles. The molecule has 0 saturated heterocycles. The van der Waals surface area contributed by atoms with Crippen LogP contribution in [-0.2, 0) is 0 Å². The first-order valence-electron chi connectivity index (χ1n) is 6.13. The van der Waals surface area contributed by atoms with Gasteiger partial charge in [-0.15, -0.1) is 0 Å². The van der Waals surface area contributed by atoms with Crippen molar-refractivity contribution in [1.29, 1.82) is 0 Å². The molecular formula is C15H15NO4. The van der Waals surface area contributed by atoms with E-state index in [0.29, 0.717) is 23.8 Å². The average Bonchev–Trinajstić information content (AvgIpc) is 2.43. The van der Waals surface area contributed by atoms with Crippen molar-refractivity contribution in [3.63, 3.8) is 0 Å². The minimum Gasteiger partial charge on any atom is -0.494 e. The molecule has 5 nitrogen and oxygen atoms in total. The SMILES string of the molecule is CCOc1ccc(Oc2cc(C(=O)O)ccc2N)cc1. The first-order valence-corrected chi connectivity index (χ1v) is 6.13. The van der Waals surface area contributed by atoms with Crippen molar-refractivity contribution < 1.29 is 19.4 Å². The summed E-state index contributed by atoms with van der Waals surface area (Å²) in [5, 5.41) is 8.95. The molecule has 2 aromatic rings. The van der Waals surface area contributed by atoms with Crippen LogP contribution in [0.5, 0.6) is 17.2 Å². The molecule has 0 unspecified atom stereocenters. The summed E-state index contributed by atoms with van der Waals surface area (Å²) < 4.78 is 10.9. The fourth-order valence-electron chi connectivity index (χ4n) is 1.65. The van der Waals surface area contributed by atoms with E-state index in [4.69, 9.17) is 20.3 Å². The number of hydrogen-bond acceptors (Lipinski definition) is 4. The van der Waals surface area contributed by atoms with Gasteiger partial charge in [0.15, 0.2) is 5.75 Å². The van der Waals surface area contributed by atoms with Crippen molar-refractivity contribution in [3.8, 4) is 17.2 Å². The molecular weight excluding hydrogens is 258 g/mol. The molecule has 3 N–H and O–H groups in total. The zero-order valence-corrected chi connectivity index (χ0v) is 11.0. The van der Waals surface area contributed by atoms with Gasteiger partial charge >= 0.3 is 5.97 Å². The fraction of sp³-hybridized carbons (Fsp3) is 0.133. The minimum atomic E-state index is -1.03. The van der Waals surface area contributed by atoms with Crippen LogP contribution in [0.4, 0.5) is 5.69 Å². The summed E-state index contributed by atoms with van der Waals surface area (Å²) in [5.74, 6) is 0.588. The van der Waals surface area contributed by atoms with Crippen LogP contribution in [0.2, 0.25) is 0 Å². The van der Waals surface area contributed by atoms with Crippen LogP contribution < -0.4 is 15.2 Å². The lowest BCUT2D eigenvalue weighted by Gasteiger charge is -2.10. The van der Waals surface area contributed by atoms with Crippen molar-refractivity contribution >= 4 is 11.7 Å². The van der Waals surface area contributed by atoms with Crippen LogP contribution in [-0.4, -0.2) is 17.7 Å². The molecule has 0 bridgehead atoms. The first-order chi connectivity index (χ1) is 9.60. The van der Waals surface area contributed by atoms with Gasteiger partial charge in [-0.3, -0.25) is 0 Å². The topological polar surface area (TPSA) is 81.8 Å². The third kappa shape index (κ3) is 3.20. The lowest BCUT2D eigenvalue weighted by atomic mass is 10.2. The normalized spacial score (nSPS) is 10.1. The molecule has 0 aliphatic rings. The van der Waals surface area contributed by atoms with Crippen LogP contribution in [0, 0.1) is 0 Å². The van der Waals surface area contributed by atoms with E-state index in [9.17, 15) is 4.79 Å². The number of carboxylic acids is 1. The van der Waals surface area contributed by atoms with Crippen LogP contribution in [0.1, 0.15) is 17.3 Å². The number of carbonyl (C=O) groups is 1. The first kappa shape index (κ1) is 13.7. The molecule has 0 aromatic heterocycles. The molecule has 0 spiro atoms.